The Kier molecular flexibility index (Phi) is 6.03. The standard InChI is InChI=1S/C21H22N4O4S/c1-14-10-20(23-21(22-14)15-4-2-5-16(11-15)25(27)28)24-7-8-29-13-17(24)12-18(26)19-6-3-9-30-19/h2-6,9-11,17-18,26H,7-8,12-13H2,1H3. The van der Waals surface area contributed by atoms with Gasteiger partial charge >= 0.3 is 0 Å². The Balaban J connectivity index is 1.63. The number of hydrogen-bond donors (Lipinski definition) is 1. The van der Waals surface area contributed by atoms with E-state index in [2.05, 4.69) is 9.88 Å². The van der Waals surface area contributed by atoms with Crippen LogP contribution in [0.2, 0.25) is 0 Å². The van der Waals surface area contributed by atoms with E-state index < -0.39 is 11.0 Å². The third kappa shape index (κ3) is 4.48. The number of ether oxygens (including phenoxy) is 1. The zero-order valence-electron chi connectivity index (χ0n) is 16.5. The molecule has 2 aromatic heterocycles. The monoisotopic (exact) mass is 426 g/mol. The van der Waals surface area contributed by atoms with Crippen molar-refractivity contribution in [3.05, 3.63) is 68.5 Å². The summed E-state index contributed by atoms with van der Waals surface area (Å²) in [6.07, 6.45) is -0.0474. The quantitative estimate of drug-likeness (QED) is 0.473. The van der Waals surface area contributed by atoms with Gasteiger partial charge in [0, 0.05) is 47.3 Å². The number of anilines is 1. The van der Waals surface area contributed by atoms with E-state index in [-0.39, 0.29) is 11.7 Å². The molecule has 1 aliphatic heterocycles. The van der Waals surface area contributed by atoms with Gasteiger partial charge in [-0.25, -0.2) is 9.97 Å². The SMILES string of the molecule is Cc1cc(N2CCOCC2CC(O)c2cccs2)nc(-c2cccc([N+](=O)[O-])c2)n1. The van der Waals surface area contributed by atoms with Gasteiger partial charge in [0.1, 0.15) is 5.82 Å². The van der Waals surface area contributed by atoms with Gasteiger partial charge in [-0.15, -0.1) is 11.3 Å². The maximum atomic E-state index is 11.1. The number of nitro benzene ring substituents is 1. The smallest absolute Gasteiger partial charge is 0.270 e. The van der Waals surface area contributed by atoms with Crippen LogP contribution < -0.4 is 4.90 Å². The van der Waals surface area contributed by atoms with Gasteiger partial charge in [-0.05, 0) is 18.4 Å². The largest absolute Gasteiger partial charge is 0.387 e. The highest BCUT2D eigenvalue weighted by atomic mass is 32.1. The Morgan fingerprint density at radius 2 is 2.20 bits per heavy atom. The van der Waals surface area contributed by atoms with Crippen LogP contribution in [-0.2, 0) is 4.74 Å². The minimum atomic E-state index is -0.571. The fraction of sp³-hybridized carbons (Fsp3) is 0.333. The molecule has 2 atom stereocenters. The average Bonchev–Trinajstić information content (AvgIpc) is 3.29. The van der Waals surface area contributed by atoms with Gasteiger partial charge < -0.3 is 14.7 Å². The van der Waals surface area contributed by atoms with Crippen LogP contribution in [0.15, 0.2) is 47.8 Å². The molecule has 1 aliphatic rings. The number of nitrogens with zero attached hydrogens (tertiary/aromatic N) is 4. The van der Waals surface area contributed by atoms with Crippen LogP contribution in [0.5, 0.6) is 0 Å². The minimum Gasteiger partial charge on any atom is -0.387 e. The molecule has 8 nitrogen and oxygen atoms in total. The van der Waals surface area contributed by atoms with Gasteiger partial charge in [0.15, 0.2) is 5.82 Å². The first-order valence-electron chi connectivity index (χ1n) is 9.67. The summed E-state index contributed by atoms with van der Waals surface area (Å²) >= 11 is 1.53. The van der Waals surface area contributed by atoms with Crippen molar-refractivity contribution in [2.24, 2.45) is 0 Å². The predicted molar refractivity (Wildman–Crippen MR) is 115 cm³/mol. The number of thiophene rings is 1. The van der Waals surface area contributed by atoms with E-state index in [1.165, 1.54) is 23.5 Å². The highest BCUT2D eigenvalue weighted by Crippen LogP contribution is 2.30. The number of nitro groups is 1. The van der Waals surface area contributed by atoms with Crippen molar-refractivity contribution in [2.75, 3.05) is 24.7 Å². The Bertz CT molecular complexity index is 1030. The van der Waals surface area contributed by atoms with Gasteiger partial charge in [0.05, 0.1) is 30.3 Å². The van der Waals surface area contributed by atoms with Crippen LogP contribution in [0.4, 0.5) is 11.5 Å². The van der Waals surface area contributed by atoms with Crippen molar-refractivity contribution in [1.82, 2.24) is 9.97 Å². The predicted octanol–water partition coefficient (Wildman–Crippen LogP) is 3.75. The maximum absolute atomic E-state index is 11.1. The highest BCUT2D eigenvalue weighted by molar-refractivity contribution is 7.10. The lowest BCUT2D eigenvalue weighted by atomic mass is 10.1. The fourth-order valence-electron chi connectivity index (χ4n) is 3.59. The number of aliphatic hydroxyl groups is 1. The molecule has 30 heavy (non-hydrogen) atoms. The van der Waals surface area contributed by atoms with Crippen LogP contribution in [0.25, 0.3) is 11.4 Å². The van der Waals surface area contributed by atoms with Crippen molar-refractivity contribution < 1.29 is 14.8 Å². The number of aryl methyl sites for hydroxylation is 1. The fourth-order valence-corrected chi connectivity index (χ4v) is 4.32. The Labute approximate surface area is 177 Å². The zero-order chi connectivity index (χ0) is 21.1. The van der Waals surface area contributed by atoms with Gasteiger partial charge in [-0.2, -0.15) is 0 Å². The normalized spacial score (nSPS) is 17.7. The number of morpholine rings is 1. The van der Waals surface area contributed by atoms with Gasteiger partial charge in [0.2, 0.25) is 0 Å². The molecule has 1 aromatic carbocycles. The molecule has 0 bridgehead atoms. The maximum Gasteiger partial charge on any atom is 0.270 e. The van der Waals surface area contributed by atoms with Crippen LogP contribution in [0.3, 0.4) is 0 Å². The molecule has 4 rings (SSSR count). The Morgan fingerprint density at radius 3 is 2.97 bits per heavy atom. The molecular formula is C21H22N4O4S. The van der Waals surface area contributed by atoms with Crippen molar-refractivity contribution >= 4 is 22.8 Å². The summed E-state index contributed by atoms with van der Waals surface area (Å²) < 4.78 is 5.67. The number of hydrogen-bond acceptors (Lipinski definition) is 8. The summed E-state index contributed by atoms with van der Waals surface area (Å²) in [5.74, 6) is 1.17. The summed E-state index contributed by atoms with van der Waals surface area (Å²) in [7, 11) is 0. The van der Waals surface area contributed by atoms with E-state index in [1.54, 1.807) is 12.1 Å². The Hall–Kier alpha value is -2.88. The molecule has 0 radical (unpaired) electrons. The Morgan fingerprint density at radius 1 is 1.33 bits per heavy atom. The van der Waals surface area contributed by atoms with E-state index >= 15 is 0 Å². The van der Waals surface area contributed by atoms with Crippen LogP contribution in [0.1, 0.15) is 23.1 Å². The van der Waals surface area contributed by atoms with E-state index in [0.29, 0.717) is 37.6 Å². The minimum absolute atomic E-state index is 0.00229. The number of aromatic nitrogens is 2. The van der Waals surface area contributed by atoms with Crippen molar-refractivity contribution in [2.45, 2.75) is 25.5 Å². The number of aliphatic hydroxyl groups excluding tert-OH is 1. The molecule has 9 heteroatoms. The van der Waals surface area contributed by atoms with Gasteiger partial charge in [0.25, 0.3) is 5.69 Å². The molecule has 2 unspecified atom stereocenters. The molecule has 1 saturated heterocycles. The molecule has 1 fully saturated rings. The van der Waals surface area contributed by atoms with E-state index in [1.807, 2.05) is 30.5 Å². The van der Waals surface area contributed by atoms with E-state index in [9.17, 15) is 15.2 Å². The lowest BCUT2D eigenvalue weighted by Gasteiger charge is -2.37. The lowest BCUT2D eigenvalue weighted by Crippen LogP contribution is -2.46. The molecular weight excluding hydrogens is 404 g/mol. The molecule has 156 valence electrons. The highest BCUT2D eigenvalue weighted by Gasteiger charge is 2.28. The summed E-state index contributed by atoms with van der Waals surface area (Å²) in [4.78, 5) is 23.0. The molecule has 1 N–H and O–H groups in total. The zero-order valence-corrected chi connectivity index (χ0v) is 17.3. The summed E-state index contributed by atoms with van der Waals surface area (Å²) in [5, 5.41) is 23.7. The first kappa shape index (κ1) is 20.4. The summed E-state index contributed by atoms with van der Waals surface area (Å²) in [6, 6.07) is 12.0. The van der Waals surface area contributed by atoms with Crippen LogP contribution in [-0.4, -0.2) is 45.8 Å². The lowest BCUT2D eigenvalue weighted by molar-refractivity contribution is -0.384. The molecule has 0 spiro atoms. The molecule has 0 saturated carbocycles. The van der Waals surface area contributed by atoms with Gasteiger partial charge in [-0.3, -0.25) is 10.1 Å². The average molecular weight is 426 g/mol. The van der Waals surface area contributed by atoms with Crippen molar-refractivity contribution in [1.29, 1.82) is 0 Å². The topological polar surface area (TPSA) is 102 Å². The van der Waals surface area contributed by atoms with Crippen molar-refractivity contribution in [3.63, 3.8) is 0 Å². The van der Waals surface area contributed by atoms with Crippen LogP contribution in [0, 0.1) is 17.0 Å². The number of non-ortho nitro benzene ring substituents is 1. The second-order valence-corrected chi connectivity index (χ2v) is 8.17. The molecule has 3 aromatic rings. The first-order chi connectivity index (χ1) is 14.5. The number of rotatable bonds is 6. The molecule has 0 amide bonds. The third-order valence-electron chi connectivity index (χ3n) is 5.04. The van der Waals surface area contributed by atoms with E-state index in [0.717, 1.165) is 16.4 Å². The number of benzene rings is 1. The van der Waals surface area contributed by atoms with E-state index in [4.69, 9.17) is 9.72 Å². The molecule has 0 aliphatic carbocycles. The second kappa shape index (κ2) is 8.86. The van der Waals surface area contributed by atoms with Crippen molar-refractivity contribution in [3.8, 4) is 11.4 Å². The molecule has 3 heterocycles. The van der Waals surface area contributed by atoms with Crippen LogP contribution >= 0.6 is 11.3 Å². The first-order valence-corrected chi connectivity index (χ1v) is 10.6. The summed E-state index contributed by atoms with van der Waals surface area (Å²) in [6.45, 7) is 3.59. The summed E-state index contributed by atoms with van der Waals surface area (Å²) in [5.41, 5.74) is 1.37. The van der Waals surface area contributed by atoms with Gasteiger partial charge in [-0.1, -0.05) is 18.2 Å². The third-order valence-corrected chi connectivity index (χ3v) is 6.02. The second-order valence-electron chi connectivity index (χ2n) is 7.19.